The van der Waals surface area contributed by atoms with Gasteiger partial charge in [-0.05, 0) is 31.7 Å². The van der Waals surface area contributed by atoms with E-state index in [1.165, 1.54) is 89.9 Å². The zero-order valence-corrected chi connectivity index (χ0v) is 22.1. The Bertz CT molecular complexity index is 482. The standard InChI is InChI=1S/C28H55N3O2/c1-26(2)19-15-13-11-9-7-5-3-4-6-8-10-12-14-16-20-27(32)30-23-18-22-29-25-31-24-17-21-28(31)33/h26,29H,3-25H2,1-2H3,(H,30,32). The third-order valence-corrected chi connectivity index (χ3v) is 6.76. The summed E-state index contributed by atoms with van der Waals surface area (Å²) in [5.41, 5.74) is 0. The molecule has 0 radical (unpaired) electrons. The van der Waals surface area contributed by atoms with Crippen LogP contribution in [0.1, 0.15) is 136 Å². The van der Waals surface area contributed by atoms with Gasteiger partial charge in [-0.15, -0.1) is 0 Å². The lowest BCUT2D eigenvalue weighted by molar-refractivity contribution is -0.128. The van der Waals surface area contributed by atoms with E-state index < -0.39 is 0 Å². The van der Waals surface area contributed by atoms with Gasteiger partial charge in [-0.25, -0.2) is 0 Å². The predicted molar refractivity (Wildman–Crippen MR) is 140 cm³/mol. The fourth-order valence-corrected chi connectivity index (χ4v) is 4.57. The Morgan fingerprint density at radius 3 is 1.85 bits per heavy atom. The molecule has 5 heteroatoms. The number of hydrogen-bond donors (Lipinski definition) is 2. The first-order valence-corrected chi connectivity index (χ1v) is 14.3. The molecule has 0 atom stereocenters. The van der Waals surface area contributed by atoms with Gasteiger partial charge in [0.05, 0.1) is 6.67 Å². The molecule has 1 rings (SSSR count). The first kappa shape index (κ1) is 29.9. The highest BCUT2D eigenvalue weighted by Gasteiger charge is 2.18. The van der Waals surface area contributed by atoms with Gasteiger partial charge in [0.1, 0.15) is 0 Å². The molecule has 0 aromatic rings. The van der Waals surface area contributed by atoms with Crippen molar-refractivity contribution in [2.24, 2.45) is 5.92 Å². The molecule has 2 amide bonds. The summed E-state index contributed by atoms with van der Waals surface area (Å²) in [4.78, 5) is 25.3. The van der Waals surface area contributed by atoms with Crippen LogP contribution in [0, 0.1) is 5.92 Å². The van der Waals surface area contributed by atoms with Crippen LogP contribution < -0.4 is 10.6 Å². The molecule has 1 heterocycles. The molecule has 1 fully saturated rings. The molecule has 5 nitrogen and oxygen atoms in total. The van der Waals surface area contributed by atoms with Gasteiger partial charge in [-0.3, -0.25) is 14.9 Å². The van der Waals surface area contributed by atoms with Crippen LogP contribution in [-0.2, 0) is 9.59 Å². The van der Waals surface area contributed by atoms with E-state index in [0.717, 1.165) is 44.8 Å². The number of nitrogens with one attached hydrogen (secondary N) is 2. The number of likely N-dealkylation sites (tertiary alicyclic amines) is 1. The average molecular weight is 466 g/mol. The maximum Gasteiger partial charge on any atom is 0.223 e. The maximum absolute atomic E-state index is 11.9. The molecular weight excluding hydrogens is 410 g/mol. The number of hydrogen-bond acceptors (Lipinski definition) is 3. The molecule has 0 spiro atoms. The van der Waals surface area contributed by atoms with Crippen LogP contribution in [0.5, 0.6) is 0 Å². The summed E-state index contributed by atoms with van der Waals surface area (Å²) >= 11 is 0. The number of nitrogens with zero attached hydrogens (tertiary/aromatic N) is 1. The predicted octanol–water partition coefficient (Wildman–Crippen LogP) is 6.56. The van der Waals surface area contributed by atoms with Crippen LogP contribution in [0.25, 0.3) is 0 Å². The van der Waals surface area contributed by atoms with Crippen LogP contribution in [0.4, 0.5) is 0 Å². The molecule has 0 bridgehead atoms. The number of amides is 2. The quantitative estimate of drug-likeness (QED) is 0.168. The van der Waals surface area contributed by atoms with E-state index in [-0.39, 0.29) is 11.8 Å². The lowest BCUT2D eigenvalue weighted by Gasteiger charge is -2.16. The summed E-state index contributed by atoms with van der Waals surface area (Å²) in [6.07, 6.45) is 23.6. The summed E-state index contributed by atoms with van der Waals surface area (Å²) in [7, 11) is 0. The van der Waals surface area contributed by atoms with Crippen molar-refractivity contribution >= 4 is 11.8 Å². The Hall–Kier alpha value is -1.10. The van der Waals surface area contributed by atoms with Gasteiger partial charge >= 0.3 is 0 Å². The smallest absolute Gasteiger partial charge is 0.223 e. The van der Waals surface area contributed by atoms with E-state index >= 15 is 0 Å². The Kier molecular flexibility index (Phi) is 19.4. The zero-order valence-electron chi connectivity index (χ0n) is 22.1. The second-order valence-electron chi connectivity index (χ2n) is 10.5. The first-order chi connectivity index (χ1) is 16.1. The molecule has 1 aliphatic rings. The van der Waals surface area contributed by atoms with E-state index in [1.54, 1.807) is 0 Å². The molecule has 1 aliphatic heterocycles. The summed E-state index contributed by atoms with van der Waals surface area (Å²) < 4.78 is 0. The largest absolute Gasteiger partial charge is 0.356 e. The van der Waals surface area contributed by atoms with E-state index in [1.807, 2.05) is 4.90 Å². The Balaban J connectivity index is 1.71. The molecule has 2 N–H and O–H groups in total. The fraction of sp³-hybridized carbons (Fsp3) is 0.929. The molecule has 0 aliphatic carbocycles. The van der Waals surface area contributed by atoms with Crippen molar-refractivity contribution in [3.05, 3.63) is 0 Å². The van der Waals surface area contributed by atoms with Gasteiger partial charge in [0.2, 0.25) is 11.8 Å². The topological polar surface area (TPSA) is 61.4 Å². The molecule has 194 valence electrons. The van der Waals surface area contributed by atoms with Gasteiger partial charge in [-0.1, -0.05) is 104 Å². The minimum atomic E-state index is 0.185. The summed E-state index contributed by atoms with van der Waals surface area (Å²) in [6, 6.07) is 0. The van der Waals surface area contributed by atoms with Crippen molar-refractivity contribution in [3.8, 4) is 0 Å². The van der Waals surface area contributed by atoms with Gasteiger partial charge in [0.15, 0.2) is 0 Å². The Morgan fingerprint density at radius 1 is 0.788 bits per heavy atom. The van der Waals surface area contributed by atoms with E-state index in [2.05, 4.69) is 24.5 Å². The molecular formula is C28H55N3O2. The highest BCUT2D eigenvalue weighted by molar-refractivity contribution is 5.78. The molecule has 0 aromatic carbocycles. The number of rotatable bonds is 23. The second-order valence-corrected chi connectivity index (χ2v) is 10.5. The Morgan fingerprint density at radius 2 is 1.33 bits per heavy atom. The second kappa shape index (κ2) is 21.4. The van der Waals surface area contributed by atoms with E-state index in [0.29, 0.717) is 19.5 Å². The minimum Gasteiger partial charge on any atom is -0.356 e. The van der Waals surface area contributed by atoms with Crippen molar-refractivity contribution in [1.29, 1.82) is 0 Å². The molecule has 0 saturated carbocycles. The van der Waals surface area contributed by atoms with E-state index in [4.69, 9.17) is 0 Å². The highest BCUT2D eigenvalue weighted by atomic mass is 16.2. The maximum atomic E-state index is 11.9. The van der Waals surface area contributed by atoms with Crippen LogP contribution >= 0.6 is 0 Å². The van der Waals surface area contributed by atoms with Crippen molar-refractivity contribution in [3.63, 3.8) is 0 Å². The normalized spacial score (nSPS) is 13.9. The summed E-state index contributed by atoms with van der Waals surface area (Å²) in [5.74, 6) is 1.31. The SMILES string of the molecule is CC(C)CCCCCCCCCCCCCCCCC(=O)NCCCNCN1CCCC1=O. The summed E-state index contributed by atoms with van der Waals surface area (Å²) in [5, 5.41) is 6.30. The highest BCUT2D eigenvalue weighted by Crippen LogP contribution is 2.15. The van der Waals surface area contributed by atoms with Crippen LogP contribution in [0.2, 0.25) is 0 Å². The van der Waals surface area contributed by atoms with E-state index in [9.17, 15) is 9.59 Å². The Labute approximate surface area is 205 Å². The van der Waals surface area contributed by atoms with Crippen LogP contribution in [-0.4, -0.2) is 43.0 Å². The zero-order chi connectivity index (χ0) is 24.0. The van der Waals surface area contributed by atoms with Crippen molar-refractivity contribution in [2.75, 3.05) is 26.3 Å². The van der Waals surface area contributed by atoms with Gasteiger partial charge in [0.25, 0.3) is 0 Å². The number of unbranched alkanes of at least 4 members (excludes halogenated alkanes) is 13. The monoisotopic (exact) mass is 465 g/mol. The van der Waals surface area contributed by atoms with Gasteiger partial charge in [-0.2, -0.15) is 0 Å². The first-order valence-electron chi connectivity index (χ1n) is 14.3. The van der Waals surface area contributed by atoms with Crippen molar-refractivity contribution in [1.82, 2.24) is 15.5 Å². The molecule has 0 unspecified atom stereocenters. The minimum absolute atomic E-state index is 0.185. The average Bonchev–Trinajstić information content (AvgIpc) is 3.20. The fourth-order valence-electron chi connectivity index (χ4n) is 4.57. The van der Waals surface area contributed by atoms with Crippen molar-refractivity contribution < 1.29 is 9.59 Å². The summed E-state index contributed by atoms with van der Waals surface area (Å²) in [6.45, 7) is 7.72. The third-order valence-electron chi connectivity index (χ3n) is 6.76. The molecule has 1 saturated heterocycles. The number of carbonyl (C=O) groups excluding carboxylic acids is 2. The lowest BCUT2D eigenvalue weighted by atomic mass is 10.0. The lowest BCUT2D eigenvalue weighted by Crippen LogP contribution is -2.36. The van der Waals surface area contributed by atoms with Crippen LogP contribution in [0.3, 0.4) is 0 Å². The molecule has 33 heavy (non-hydrogen) atoms. The van der Waals surface area contributed by atoms with Gasteiger partial charge < -0.3 is 10.2 Å². The third kappa shape index (κ3) is 19.0. The van der Waals surface area contributed by atoms with Crippen LogP contribution in [0.15, 0.2) is 0 Å². The molecule has 0 aromatic heterocycles. The van der Waals surface area contributed by atoms with Crippen molar-refractivity contribution in [2.45, 2.75) is 136 Å². The van der Waals surface area contributed by atoms with Gasteiger partial charge in [0, 0.05) is 25.9 Å². The number of carbonyl (C=O) groups is 2.